The fourth-order valence-electron chi connectivity index (χ4n) is 2.18. The molecule has 1 aliphatic heterocycles. The van der Waals surface area contributed by atoms with Gasteiger partial charge in [-0.3, -0.25) is 4.79 Å². The van der Waals surface area contributed by atoms with Gasteiger partial charge >= 0.3 is 0 Å². The molecule has 1 heterocycles. The van der Waals surface area contributed by atoms with Crippen LogP contribution in [0.5, 0.6) is 0 Å². The van der Waals surface area contributed by atoms with E-state index in [0.717, 1.165) is 0 Å². The number of amides is 1. The number of carbonyl (C=O) groups excluding carboxylic acids is 1. The number of carbonyl (C=O) groups is 1. The molecule has 4 atom stereocenters. The van der Waals surface area contributed by atoms with E-state index in [2.05, 4.69) is 11.4 Å². The van der Waals surface area contributed by atoms with Gasteiger partial charge in [0.15, 0.2) is 0 Å². The van der Waals surface area contributed by atoms with Crippen molar-refractivity contribution in [3.8, 4) is 6.07 Å². The number of nitrogens with one attached hydrogen (secondary N) is 1. The van der Waals surface area contributed by atoms with Crippen LogP contribution in [0.1, 0.15) is 34.6 Å². The normalized spacial score (nSPS) is 33.2. The molecule has 0 aliphatic carbocycles. The number of ether oxygens (including phenoxy) is 1. The van der Waals surface area contributed by atoms with E-state index in [1.54, 1.807) is 0 Å². The van der Waals surface area contributed by atoms with Crippen LogP contribution in [0.25, 0.3) is 0 Å². The average molecular weight is 238 g/mol. The van der Waals surface area contributed by atoms with E-state index in [1.807, 2.05) is 34.6 Å². The molecule has 0 radical (unpaired) electrons. The van der Waals surface area contributed by atoms with Crippen LogP contribution in [-0.4, -0.2) is 24.7 Å². The van der Waals surface area contributed by atoms with Crippen molar-refractivity contribution in [1.29, 1.82) is 5.26 Å². The highest BCUT2D eigenvalue weighted by Crippen LogP contribution is 2.32. The second-order valence-electron chi connectivity index (χ2n) is 5.64. The summed E-state index contributed by atoms with van der Waals surface area (Å²) in [4.78, 5) is 12.1. The zero-order chi connectivity index (χ0) is 13.2. The molecule has 0 bridgehead atoms. The maximum Gasteiger partial charge on any atom is 0.226 e. The quantitative estimate of drug-likeness (QED) is 0.814. The van der Waals surface area contributed by atoms with Gasteiger partial charge in [0.2, 0.25) is 5.91 Å². The number of hydrogen-bond donors (Lipinski definition) is 1. The standard InChI is InChI=1S/C13H22N2O2/c1-8-9(2)17-10(3)11(8)12(16)15-7-13(4,5)6-14/h8-11H,7H2,1-5H3,(H,15,16). The van der Waals surface area contributed by atoms with Gasteiger partial charge in [-0.15, -0.1) is 0 Å². The molecule has 1 amide bonds. The summed E-state index contributed by atoms with van der Waals surface area (Å²) < 4.78 is 5.64. The van der Waals surface area contributed by atoms with Gasteiger partial charge in [0.1, 0.15) is 0 Å². The van der Waals surface area contributed by atoms with Crippen LogP contribution < -0.4 is 5.32 Å². The minimum atomic E-state index is -0.521. The minimum absolute atomic E-state index is 0.00215. The van der Waals surface area contributed by atoms with Crippen LogP contribution in [0.15, 0.2) is 0 Å². The summed E-state index contributed by atoms with van der Waals surface area (Å²) in [5.41, 5.74) is -0.521. The number of hydrogen-bond acceptors (Lipinski definition) is 3. The molecule has 0 aromatic heterocycles. The van der Waals surface area contributed by atoms with E-state index in [0.29, 0.717) is 6.54 Å². The first-order chi connectivity index (χ1) is 7.78. The maximum absolute atomic E-state index is 12.1. The van der Waals surface area contributed by atoms with Gasteiger partial charge in [-0.05, 0) is 33.6 Å². The molecule has 1 fully saturated rings. The molecular weight excluding hydrogens is 216 g/mol. The first-order valence-electron chi connectivity index (χ1n) is 6.13. The molecular formula is C13H22N2O2. The van der Waals surface area contributed by atoms with Crippen molar-refractivity contribution in [2.24, 2.45) is 17.3 Å². The summed E-state index contributed by atoms with van der Waals surface area (Å²) in [5, 5.41) is 11.7. The van der Waals surface area contributed by atoms with E-state index in [-0.39, 0.29) is 30.0 Å². The lowest BCUT2D eigenvalue weighted by atomic mass is 9.88. The smallest absolute Gasteiger partial charge is 0.226 e. The third-order valence-electron chi connectivity index (χ3n) is 3.55. The van der Waals surface area contributed by atoms with Gasteiger partial charge < -0.3 is 10.1 Å². The number of rotatable bonds is 3. The Morgan fingerprint density at radius 1 is 1.35 bits per heavy atom. The van der Waals surface area contributed by atoms with Crippen molar-refractivity contribution < 1.29 is 9.53 Å². The summed E-state index contributed by atoms with van der Waals surface area (Å²) in [6, 6.07) is 2.17. The van der Waals surface area contributed by atoms with Gasteiger partial charge in [-0.2, -0.15) is 5.26 Å². The number of nitriles is 1. The van der Waals surface area contributed by atoms with Gasteiger partial charge in [0.25, 0.3) is 0 Å². The lowest BCUT2D eigenvalue weighted by Gasteiger charge is -2.21. The third-order valence-corrected chi connectivity index (χ3v) is 3.55. The van der Waals surface area contributed by atoms with E-state index < -0.39 is 5.41 Å². The fraction of sp³-hybridized carbons (Fsp3) is 0.846. The molecule has 0 saturated carbocycles. The van der Waals surface area contributed by atoms with Crippen molar-refractivity contribution in [3.05, 3.63) is 0 Å². The molecule has 1 N–H and O–H groups in total. The second-order valence-corrected chi connectivity index (χ2v) is 5.64. The Kier molecular flexibility index (Phi) is 4.16. The van der Waals surface area contributed by atoms with Gasteiger partial charge in [-0.25, -0.2) is 0 Å². The van der Waals surface area contributed by atoms with Gasteiger partial charge in [0.05, 0.1) is 29.6 Å². The Morgan fingerprint density at radius 3 is 2.35 bits per heavy atom. The molecule has 1 saturated heterocycles. The summed E-state index contributed by atoms with van der Waals surface area (Å²) in [7, 11) is 0. The Bertz CT molecular complexity index is 333. The molecule has 0 aromatic carbocycles. The molecule has 4 heteroatoms. The summed E-state index contributed by atoms with van der Waals surface area (Å²) >= 11 is 0. The molecule has 0 spiro atoms. The maximum atomic E-state index is 12.1. The van der Waals surface area contributed by atoms with Crippen LogP contribution in [0.3, 0.4) is 0 Å². The van der Waals surface area contributed by atoms with Crippen molar-refractivity contribution in [2.45, 2.75) is 46.8 Å². The van der Waals surface area contributed by atoms with E-state index in [9.17, 15) is 4.79 Å². The third kappa shape index (κ3) is 3.19. The molecule has 17 heavy (non-hydrogen) atoms. The predicted octanol–water partition coefficient (Wildman–Crippen LogP) is 1.71. The highest BCUT2D eigenvalue weighted by Gasteiger charge is 2.41. The Hall–Kier alpha value is -1.08. The van der Waals surface area contributed by atoms with Crippen molar-refractivity contribution in [1.82, 2.24) is 5.32 Å². The van der Waals surface area contributed by atoms with Crippen molar-refractivity contribution in [3.63, 3.8) is 0 Å². The molecule has 4 unspecified atom stereocenters. The van der Waals surface area contributed by atoms with Crippen LogP contribution in [0, 0.1) is 28.6 Å². The largest absolute Gasteiger partial charge is 0.374 e. The van der Waals surface area contributed by atoms with Crippen molar-refractivity contribution >= 4 is 5.91 Å². The summed E-state index contributed by atoms with van der Waals surface area (Å²) in [6.07, 6.45) is 0.0647. The average Bonchev–Trinajstić information content (AvgIpc) is 2.50. The fourth-order valence-corrected chi connectivity index (χ4v) is 2.18. The Labute approximate surface area is 103 Å². The predicted molar refractivity (Wildman–Crippen MR) is 65.1 cm³/mol. The lowest BCUT2D eigenvalue weighted by molar-refractivity contribution is -0.127. The molecule has 4 nitrogen and oxygen atoms in total. The van der Waals surface area contributed by atoms with Crippen LogP contribution in [-0.2, 0) is 9.53 Å². The second kappa shape index (κ2) is 5.05. The molecule has 1 aliphatic rings. The van der Waals surface area contributed by atoms with Crippen LogP contribution in [0.4, 0.5) is 0 Å². The lowest BCUT2D eigenvalue weighted by Crippen LogP contribution is -2.41. The molecule has 1 rings (SSSR count). The van der Waals surface area contributed by atoms with Crippen LogP contribution in [0.2, 0.25) is 0 Å². The van der Waals surface area contributed by atoms with Crippen LogP contribution >= 0.6 is 0 Å². The van der Waals surface area contributed by atoms with Crippen molar-refractivity contribution in [2.75, 3.05) is 6.54 Å². The van der Waals surface area contributed by atoms with E-state index >= 15 is 0 Å². The minimum Gasteiger partial charge on any atom is -0.374 e. The van der Waals surface area contributed by atoms with Gasteiger partial charge in [0, 0.05) is 6.54 Å². The zero-order valence-corrected chi connectivity index (χ0v) is 11.3. The molecule has 96 valence electrons. The van der Waals surface area contributed by atoms with E-state index in [4.69, 9.17) is 10.00 Å². The van der Waals surface area contributed by atoms with Gasteiger partial charge in [-0.1, -0.05) is 6.92 Å². The monoisotopic (exact) mass is 238 g/mol. The zero-order valence-electron chi connectivity index (χ0n) is 11.3. The molecule has 0 aromatic rings. The van der Waals surface area contributed by atoms with E-state index in [1.165, 1.54) is 0 Å². The number of nitrogens with zero attached hydrogens (tertiary/aromatic N) is 1. The first kappa shape index (κ1) is 14.0. The SMILES string of the molecule is CC1OC(C)C(C(=O)NCC(C)(C)C#N)C1C. The first-order valence-corrected chi connectivity index (χ1v) is 6.13. The Morgan fingerprint density at radius 2 is 1.94 bits per heavy atom. The summed E-state index contributed by atoms with van der Waals surface area (Å²) in [5.74, 6) is 0.104. The Balaban J connectivity index is 2.57. The highest BCUT2D eigenvalue weighted by atomic mass is 16.5. The summed E-state index contributed by atoms with van der Waals surface area (Å²) in [6.45, 7) is 9.97. The topological polar surface area (TPSA) is 62.1 Å². The highest BCUT2D eigenvalue weighted by molar-refractivity contribution is 5.80.